The molecule has 9 heteroatoms. The van der Waals surface area contributed by atoms with E-state index in [0.29, 0.717) is 23.6 Å². The fourth-order valence-electron chi connectivity index (χ4n) is 4.60. The summed E-state index contributed by atoms with van der Waals surface area (Å²) in [4.78, 5) is 24.9. The Bertz CT molecular complexity index is 1250. The first kappa shape index (κ1) is 32.1. The molecule has 0 aliphatic rings. The van der Waals surface area contributed by atoms with E-state index in [0.717, 1.165) is 43.1 Å². The summed E-state index contributed by atoms with van der Waals surface area (Å²) in [5.74, 6) is -0.553. The predicted octanol–water partition coefficient (Wildman–Crippen LogP) is 6.54. The summed E-state index contributed by atoms with van der Waals surface area (Å²) in [6, 6.07) is 10.0. The molecule has 2 N–H and O–H groups in total. The number of hydrogen-bond donors (Lipinski definition) is 2. The van der Waals surface area contributed by atoms with Crippen molar-refractivity contribution >= 4 is 27.4 Å². The number of amides is 1. The summed E-state index contributed by atoms with van der Waals surface area (Å²) in [6.45, 7) is 9.88. The van der Waals surface area contributed by atoms with Gasteiger partial charge in [-0.25, -0.2) is 13.2 Å². The van der Waals surface area contributed by atoms with Gasteiger partial charge in [0.25, 0.3) is 0 Å². The number of carbonyl (C=O) groups is 2. The number of anilines is 1. The largest absolute Gasteiger partial charge is 0.496 e. The molecule has 8 nitrogen and oxygen atoms in total. The van der Waals surface area contributed by atoms with E-state index in [4.69, 9.17) is 9.47 Å². The molecule has 1 amide bonds. The molecular weight excluding hydrogens is 518 g/mol. The number of ether oxygens (including phenoxy) is 2. The number of aromatic carboxylic acids is 1. The molecule has 0 heterocycles. The Morgan fingerprint density at radius 1 is 1.05 bits per heavy atom. The van der Waals surface area contributed by atoms with Crippen molar-refractivity contribution in [2.45, 2.75) is 89.9 Å². The minimum absolute atomic E-state index is 0.106. The molecule has 2 atom stereocenters. The Kier molecular flexibility index (Phi) is 11.4. The second-order valence-electron chi connectivity index (χ2n) is 10.9. The predicted molar refractivity (Wildman–Crippen MR) is 155 cm³/mol. The number of carbonyl (C=O) groups excluding carboxylic acids is 1. The lowest BCUT2D eigenvalue weighted by Crippen LogP contribution is -2.25. The monoisotopic (exact) mass is 561 g/mol. The van der Waals surface area contributed by atoms with E-state index in [-0.39, 0.29) is 29.2 Å². The van der Waals surface area contributed by atoms with Crippen molar-refractivity contribution in [2.75, 3.05) is 18.7 Å². The Hall–Kier alpha value is -3.07. The lowest BCUT2D eigenvalue weighted by Gasteiger charge is -2.25. The quantitative estimate of drug-likeness (QED) is 0.251. The number of methoxy groups -OCH3 is 1. The van der Waals surface area contributed by atoms with Crippen LogP contribution >= 0.6 is 0 Å². The number of rotatable bonds is 14. The van der Waals surface area contributed by atoms with Crippen LogP contribution in [0, 0.1) is 0 Å². The van der Waals surface area contributed by atoms with Crippen molar-refractivity contribution in [1.82, 2.24) is 0 Å². The maximum absolute atomic E-state index is 13.4. The second kappa shape index (κ2) is 13.8. The zero-order valence-electron chi connectivity index (χ0n) is 24.2. The molecule has 0 aliphatic heterocycles. The third kappa shape index (κ3) is 9.27. The normalized spacial score (nSPS) is 13.4. The van der Waals surface area contributed by atoms with E-state index in [1.807, 2.05) is 26.8 Å². The lowest BCUT2D eigenvalue weighted by molar-refractivity contribution is -0.116. The highest BCUT2D eigenvalue weighted by Gasteiger charge is 2.25. The molecule has 39 heavy (non-hydrogen) atoms. The van der Waals surface area contributed by atoms with Gasteiger partial charge in [-0.05, 0) is 53.5 Å². The SMILES string of the molecule is CCCCCC(CC(=O)Nc1cc(C(=O)O)ccc1C(C)(C)C)c1ccc(OC(CC)S(C)(=O)=O)cc1OC. The molecule has 0 fully saturated rings. The number of hydrogen-bond acceptors (Lipinski definition) is 6. The van der Waals surface area contributed by atoms with Crippen LogP contribution in [0.5, 0.6) is 11.5 Å². The van der Waals surface area contributed by atoms with Gasteiger partial charge in [0.05, 0.1) is 12.7 Å². The van der Waals surface area contributed by atoms with Crippen LogP contribution in [0.3, 0.4) is 0 Å². The molecule has 2 aromatic carbocycles. The van der Waals surface area contributed by atoms with E-state index >= 15 is 0 Å². The number of carboxylic acids is 1. The maximum atomic E-state index is 13.4. The molecule has 0 saturated carbocycles. The first-order valence-electron chi connectivity index (χ1n) is 13.4. The van der Waals surface area contributed by atoms with Gasteiger partial charge < -0.3 is 19.9 Å². The van der Waals surface area contributed by atoms with Gasteiger partial charge in [0.2, 0.25) is 5.91 Å². The molecule has 0 bridgehead atoms. The Labute approximate surface area is 233 Å². The van der Waals surface area contributed by atoms with Gasteiger partial charge in [-0.3, -0.25) is 4.79 Å². The minimum Gasteiger partial charge on any atom is -0.496 e. The maximum Gasteiger partial charge on any atom is 0.335 e. The molecule has 2 unspecified atom stereocenters. The fraction of sp³-hybridized carbons (Fsp3) is 0.533. The van der Waals surface area contributed by atoms with E-state index < -0.39 is 21.2 Å². The van der Waals surface area contributed by atoms with Gasteiger partial charge in [-0.1, -0.05) is 66.0 Å². The summed E-state index contributed by atoms with van der Waals surface area (Å²) in [5.41, 5.74) is 1.01. The molecule has 0 radical (unpaired) electrons. The van der Waals surface area contributed by atoms with Crippen LogP contribution in [0.4, 0.5) is 5.69 Å². The number of sulfone groups is 1. The van der Waals surface area contributed by atoms with E-state index in [2.05, 4.69) is 12.2 Å². The summed E-state index contributed by atoms with van der Waals surface area (Å²) < 4.78 is 35.4. The molecular formula is C30H43NO7S. The number of unbranched alkanes of at least 4 members (excludes halogenated alkanes) is 2. The van der Waals surface area contributed by atoms with Gasteiger partial charge in [0.1, 0.15) is 11.5 Å². The first-order valence-corrected chi connectivity index (χ1v) is 15.4. The van der Waals surface area contributed by atoms with E-state index in [9.17, 15) is 23.1 Å². The van der Waals surface area contributed by atoms with Crippen LogP contribution in [-0.4, -0.2) is 44.2 Å². The highest BCUT2D eigenvalue weighted by Crippen LogP contribution is 2.37. The molecule has 2 rings (SSSR count). The average Bonchev–Trinajstić information content (AvgIpc) is 2.85. The van der Waals surface area contributed by atoms with Crippen LogP contribution < -0.4 is 14.8 Å². The van der Waals surface area contributed by atoms with Crippen molar-refractivity contribution < 1.29 is 32.6 Å². The van der Waals surface area contributed by atoms with Gasteiger partial charge in [-0.15, -0.1) is 0 Å². The van der Waals surface area contributed by atoms with Crippen molar-refractivity contribution in [3.8, 4) is 11.5 Å². The molecule has 2 aromatic rings. The summed E-state index contributed by atoms with van der Waals surface area (Å²) >= 11 is 0. The third-order valence-corrected chi connectivity index (χ3v) is 8.04. The van der Waals surface area contributed by atoms with Crippen molar-refractivity contribution in [3.63, 3.8) is 0 Å². The summed E-state index contributed by atoms with van der Waals surface area (Å²) in [5, 5.41) is 12.4. The number of nitrogens with one attached hydrogen (secondary N) is 1. The Morgan fingerprint density at radius 2 is 1.74 bits per heavy atom. The van der Waals surface area contributed by atoms with Crippen molar-refractivity contribution in [1.29, 1.82) is 0 Å². The standard InChI is InChI=1S/C30H43NO7S/c1-8-10-11-12-20(23-15-14-22(19-26(23)37-6)38-28(9-2)39(7,35)36)18-27(32)31-25-17-21(29(33)34)13-16-24(25)30(3,4)5/h13-17,19-20,28H,8-12,18H2,1-7H3,(H,31,32)(H,33,34). The highest BCUT2D eigenvalue weighted by molar-refractivity contribution is 7.91. The van der Waals surface area contributed by atoms with Gasteiger partial charge >= 0.3 is 5.97 Å². The van der Waals surface area contributed by atoms with E-state index in [1.165, 1.54) is 13.2 Å². The van der Waals surface area contributed by atoms with Crippen molar-refractivity contribution in [2.24, 2.45) is 0 Å². The minimum atomic E-state index is -3.40. The van der Waals surface area contributed by atoms with Gasteiger partial charge in [-0.2, -0.15) is 0 Å². The van der Waals surface area contributed by atoms with Crippen LogP contribution in [0.2, 0.25) is 0 Å². The van der Waals surface area contributed by atoms with Crippen molar-refractivity contribution in [3.05, 3.63) is 53.1 Å². The van der Waals surface area contributed by atoms with Gasteiger partial charge in [0, 0.05) is 24.4 Å². The zero-order valence-corrected chi connectivity index (χ0v) is 25.0. The number of carboxylic acid groups (broad SMARTS) is 1. The smallest absolute Gasteiger partial charge is 0.335 e. The lowest BCUT2D eigenvalue weighted by atomic mass is 9.85. The fourth-order valence-corrected chi connectivity index (χ4v) is 5.49. The van der Waals surface area contributed by atoms with E-state index in [1.54, 1.807) is 31.2 Å². The van der Waals surface area contributed by atoms with Gasteiger partial charge in [0.15, 0.2) is 15.3 Å². The van der Waals surface area contributed by atoms with Crippen LogP contribution in [0.1, 0.15) is 101 Å². The Morgan fingerprint density at radius 3 is 2.28 bits per heavy atom. The Balaban J connectivity index is 2.38. The third-order valence-electron chi connectivity index (χ3n) is 6.66. The van der Waals surface area contributed by atoms with Crippen LogP contribution in [0.25, 0.3) is 0 Å². The number of benzene rings is 2. The molecule has 0 saturated heterocycles. The average molecular weight is 562 g/mol. The second-order valence-corrected chi connectivity index (χ2v) is 13.1. The first-order chi connectivity index (χ1) is 18.2. The summed E-state index contributed by atoms with van der Waals surface area (Å²) in [6.07, 6.45) is 5.34. The van der Waals surface area contributed by atoms with Crippen LogP contribution in [0.15, 0.2) is 36.4 Å². The molecule has 0 aliphatic carbocycles. The molecule has 0 spiro atoms. The topological polar surface area (TPSA) is 119 Å². The highest BCUT2D eigenvalue weighted by atomic mass is 32.2. The molecule has 216 valence electrons. The van der Waals surface area contributed by atoms with Crippen LogP contribution in [-0.2, 0) is 20.0 Å². The molecule has 0 aromatic heterocycles. The zero-order chi connectivity index (χ0) is 29.4. The summed E-state index contributed by atoms with van der Waals surface area (Å²) in [7, 11) is -1.86.